The van der Waals surface area contributed by atoms with E-state index in [1.165, 1.54) is 0 Å². The van der Waals surface area contributed by atoms with Crippen molar-refractivity contribution in [2.75, 3.05) is 33.4 Å². The molecular formula is C13H24N2O4. The van der Waals surface area contributed by atoms with Crippen LogP contribution in [0.5, 0.6) is 0 Å². The van der Waals surface area contributed by atoms with E-state index in [2.05, 4.69) is 5.32 Å². The molecule has 0 aromatic heterocycles. The van der Waals surface area contributed by atoms with E-state index < -0.39 is 11.5 Å². The van der Waals surface area contributed by atoms with Gasteiger partial charge in [-0.1, -0.05) is 13.3 Å². The molecule has 1 aliphatic rings. The number of carboxylic acid groups (broad SMARTS) is 1. The van der Waals surface area contributed by atoms with Crippen LogP contribution in [-0.2, 0) is 14.3 Å². The molecule has 6 nitrogen and oxygen atoms in total. The number of ether oxygens (including phenoxy) is 1. The maximum atomic E-state index is 12.2. The number of hydrogen-bond acceptors (Lipinski definition) is 4. The van der Waals surface area contributed by atoms with Crippen LogP contribution in [0.4, 0.5) is 0 Å². The number of amides is 1. The van der Waals surface area contributed by atoms with Crippen molar-refractivity contribution < 1.29 is 19.4 Å². The summed E-state index contributed by atoms with van der Waals surface area (Å²) in [7, 11) is 1.60. The van der Waals surface area contributed by atoms with Crippen molar-refractivity contribution in [1.82, 2.24) is 10.2 Å². The third-order valence-electron chi connectivity index (χ3n) is 3.61. The van der Waals surface area contributed by atoms with Gasteiger partial charge >= 0.3 is 5.97 Å². The molecule has 1 atom stereocenters. The number of hydrogen-bond donors (Lipinski definition) is 2. The van der Waals surface area contributed by atoms with Crippen LogP contribution >= 0.6 is 0 Å². The van der Waals surface area contributed by atoms with Gasteiger partial charge in [0.2, 0.25) is 5.91 Å². The zero-order valence-electron chi connectivity index (χ0n) is 11.8. The summed E-state index contributed by atoms with van der Waals surface area (Å²) < 4.78 is 4.89. The first-order valence-corrected chi connectivity index (χ1v) is 6.82. The Bertz CT molecular complexity index is 322. The van der Waals surface area contributed by atoms with Crippen LogP contribution in [0.1, 0.15) is 32.6 Å². The van der Waals surface area contributed by atoms with Crippen LogP contribution in [0.3, 0.4) is 0 Å². The Morgan fingerprint density at radius 2 is 2.21 bits per heavy atom. The lowest BCUT2D eigenvalue weighted by Crippen LogP contribution is -2.55. The molecule has 1 aliphatic heterocycles. The van der Waals surface area contributed by atoms with Gasteiger partial charge in [-0.3, -0.25) is 4.79 Å². The van der Waals surface area contributed by atoms with Gasteiger partial charge in [-0.05, 0) is 19.3 Å². The maximum absolute atomic E-state index is 12.2. The van der Waals surface area contributed by atoms with E-state index in [0.717, 1.165) is 12.8 Å². The number of carboxylic acids is 1. The highest BCUT2D eigenvalue weighted by atomic mass is 16.5. The molecule has 1 saturated heterocycles. The molecule has 0 bridgehead atoms. The molecule has 0 radical (unpaired) electrons. The van der Waals surface area contributed by atoms with Crippen LogP contribution < -0.4 is 5.32 Å². The molecule has 19 heavy (non-hydrogen) atoms. The largest absolute Gasteiger partial charge is 0.479 e. The first kappa shape index (κ1) is 15.9. The average molecular weight is 272 g/mol. The molecule has 110 valence electrons. The fraction of sp³-hybridized carbons (Fsp3) is 0.846. The van der Waals surface area contributed by atoms with Gasteiger partial charge in [0.15, 0.2) is 0 Å². The first-order valence-electron chi connectivity index (χ1n) is 6.82. The number of methoxy groups -OCH3 is 1. The monoisotopic (exact) mass is 272 g/mol. The van der Waals surface area contributed by atoms with Gasteiger partial charge < -0.3 is 20.1 Å². The Balaban J connectivity index is 2.63. The molecule has 1 fully saturated rings. The van der Waals surface area contributed by atoms with E-state index in [1.807, 2.05) is 6.92 Å². The molecule has 1 heterocycles. The zero-order chi connectivity index (χ0) is 14.3. The van der Waals surface area contributed by atoms with Gasteiger partial charge in [-0.15, -0.1) is 0 Å². The number of carbonyl (C=O) groups excluding carboxylic acids is 1. The minimum absolute atomic E-state index is 0.135. The minimum Gasteiger partial charge on any atom is -0.479 e. The van der Waals surface area contributed by atoms with Crippen molar-refractivity contribution in [1.29, 1.82) is 0 Å². The lowest BCUT2D eigenvalue weighted by molar-refractivity contribution is -0.156. The topological polar surface area (TPSA) is 78.9 Å². The highest BCUT2D eigenvalue weighted by molar-refractivity contribution is 5.88. The minimum atomic E-state index is -0.991. The van der Waals surface area contributed by atoms with Crippen LogP contribution in [-0.4, -0.2) is 60.8 Å². The van der Waals surface area contributed by atoms with E-state index in [9.17, 15) is 14.7 Å². The van der Waals surface area contributed by atoms with Crippen molar-refractivity contribution >= 4 is 11.9 Å². The summed E-state index contributed by atoms with van der Waals surface area (Å²) in [5, 5.41) is 12.5. The highest BCUT2D eigenvalue weighted by Crippen LogP contribution is 2.33. The predicted molar refractivity (Wildman–Crippen MR) is 71.0 cm³/mol. The number of likely N-dealkylation sites (tertiary alicyclic amines) is 1. The molecular weight excluding hydrogens is 248 g/mol. The standard InChI is InChI=1S/C13H24N2O4/c1-3-5-13(12(17)18)6-4-8-15(13)11(16)10-14-7-9-19-2/h14H,3-10H2,1-2H3,(H,17,18). The normalized spacial score (nSPS) is 22.7. The fourth-order valence-electron chi connectivity index (χ4n) is 2.71. The summed E-state index contributed by atoms with van der Waals surface area (Å²) in [6, 6.07) is 0. The summed E-state index contributed by atoms with van der Waals surface area (Å²) in [6.45, 7) is 3.78. The van der Waals surface area contributed by atoms with E-state index in [1.54, 1.807) is 12.0 Å². The zero-order valence-corrected chi connectivity index (χ0v) is 11.8. The SMILES string of the molecule is CCCC1(C(=O)O)CCCN1C(=O)CNCCOC. The summed E-state index contributed by atoms with van der Waals surface area (Å²) >= 11 is 0. The van der Waals surface area contributed by atoms with Gasteiger partial charge in [0.05, 0.1) is 13.2 Å². The van der Waals surface area contributed by atoms with E-state index >= 15 is 0 Å². The van der Waals surface area contributed by atoms with E-state index in [0.29, 0.717) is 32.5 Å². The molecule has 0 aromatic rings. The summed E-state index contributed by atoms with van der Waals surface area (Å²) in [5.74, 6) is -1.01. The molecule has 6 heteroatoms. The summed E-state index contributed by atoms with van der Waals surface area (Å²) in [6.07, 6.45) is 2.59. The molecule has 1 rings (SSSR count). The second-order valence-electron chi connectivity index (χ2n) is 4.91. The number of rotatable bonds is 8. The molecule has 2 N–H and O–H groups in total. The molecule has 0 aromatic carbocycles. The number of carbonyl (C=O) groups is 2. The summed E-state index contributed by atoms with van der Waals surface area (Å²) in [5.41, 5.74) is -0.991. The third kappa shape index (κ3) is 3.67. The van der Waals surface area contributed by atoms with Crippen molar-refractivity contribution in [3.63, 3.8) is 0 Å². The van der Waals surface area contributed by atoms with Crippen LogP contribution in [0.25, 0.3) is 0 Å². The lowest BCUT2D eigenvalue weighted by Gasteiger charge is -2.34. The first-order chi connectivity index (χ1) is 9.08. The van der Waals surface area contributed by atoms with Gasteiger partial charge in [-0.25, -0.2) is 4.79 Å². The number of nitrogens with zero attached hydrogens (tertiary/aromatic N) is 1. The van der Waals surface area contributed by atoms with Gasteiger partial charge in [0.1, 0.15) is 5.54 Å². The Hall–Kier alpha value is -1.14. The van der Waals surface area contributed by atoms with Crippen molar-refractivity contribution in [2.24, 2.45) is 0 Å². The second kappa shape index (κ2) is 7.45. The van der Waals surface area contributed by atoms with Crippen molar-refractivity contribution in [3.05, 3.63) is 0 Å². The molecule has 1 amide bonds. The second-order valence-corrected chi connectivity index (χ2v) is 4.91. The van der Waals surface area contributed by atoms with E-state index in [4.69, 9.17) is 4.74 Å². The van der Waals surface area contributed by atoms with Gasteiger partial charge in [0, 0.05) is 20.2 Å². The van der Waals surface area contributed by atoms with Crippen LogP contribution in [0.15, 0.2) is 0 Å². The van der Waals surface area contributed by atoms with E-state index in [-0.39, 0.29) is 12.5 Å². The fourth-order valence-corrected chi connectivity index (χ4v) is 2.71. The Kier molecular flexibility index (Phi) is 6.24. The smallest absolute Gasteiger partial charge is 0.329 e. The van der Waals surface area contributed by atoms with Gasteiger partial charge in [0.25, 0.3) is 0 Å². The average Bonchev–Trinajstić information content (AvgIpc) is 2.80. The number of nitrogens with one attached hydrogen (secondary N) is 1. The molecule has 1 unspecified atom stereocenters. The molecule has 0 spiro atoms. The summed E-state index contributed by atoms with van der Waals surface area (Å²) in [4.78, 5) is 25.3. The maximum Gasteiger partial charge on any atom is 0.329 e. The van der Waals surface area contributed by atoms with Crippen LogP contribution in [0, 0.1) is 0 Å². The predicted octanol–water partition coefficient (Wildman–Crippen LogP) is 0.468. The molecule has 0 saturated carbocycles. The Labute approximate surface area is 114 Å². The number of aliphatic carboxylic acids is 1. The quantitative estimate of drug-likeness (QED) is 0.628. The lowest BCUT2D eigenvalue weighted by atomic mass is 9.90. The van der Waals surface area contributed by atoms with Crippen molar-refractivity contribution in [3.8, 4) is 0 Å². The van der Waals surface area contributed by atoms with Crippen molar-refractivity contribution in [2.45, 2.75) is 38.1 Å². The third-order valence-corrected chi connectivity index (χ3v) is 3.61. The van der Waals surface area contributed by atoms with Gasteiger partial charge in [-0.2, -0.15) is 0 Å². The van der Waals surface area contributed by atoms with Crippen LogP contribution in [0.2, 0.25) is 0 Å². The highest BCUT2D eigenvalue weighted by Gasteiger charge is 2.48. The molecule has 0 aliphatic carbocycles. The Morgan fingerprint density at radius 1 is 1.47 bits per heavy atom. The Morgan fingerprint density at radius 3 is 2.79 bits per heavy atom.